The van der Waals surface area contributed by atoms with Gasteiger partial charge in [-0.2, -0.15) is 0 Å². The third-order valence-corrected chi connectivity index (χ3v) is 13.0. The van der Waals surface area contributed by atoms with Crippen molar-refractivity contribution in [2.45, 2.75) is 24.7 Å². The highest BCUT2D eigenvalue weighted by Gasteiger charge is 2.47. The summed E-state index contributed by atoms with van der Waals surface area (Å²) in [6, 6.07) is 82.9. The van der Waals surface area contributed by atoms with Crippen LogP contribution in [0, 0.1) is 0 Å². The van der Waals surface area contributed by atoms with Crippen LogP contribution in [0.3, 0.4) is 0 Å². The Morgan fingerprint density at radius 3 is 1.54 bits per heavy atom. The molecule has 0 fully saturated rings. The Morgan fingerprint density at radius 2 is 0.831 bits per heavy atom. The maximum Gasteiger partial charge on any atom is 0.0714 e. The lowest BCUT2D eigenvalue weighted by atomic mass is 9.68. The van der Waals surface area contributed by atoms with Crippen molar-refractivity contribution in [3.05, 3.63) is 258 Å². The SMILES string of the molecule is CC1(C)c2ccccc2-c2ccc(-c3ccc(N(c4cccc(-c5ccccc5)c4)c4cccc5c4-c4ccccc4C5(c4ccccc4)c4ccccc4)cc3)cc21. The molecule has 1 nitrogen and oxygen atoms in total. The van der Waals surface area contributed by atoms with Crippen molar-refractivity contribution in [3.8, 4) is 44.5 Å². The summed E-state index contributed by atoms with van der Waals surface area (Å²) in [4.78, 5) is 2.47. The first-order valence-corrected chi connectivity index (χ1v) is 20.7. The lowest BCUT2D eigenvalue weighted by Gasteiger charge is -2.34. The Bertz CT molecular complexity index is 2960. The molecule has 9 aromatic rings. The molecule has 0 unspecified atom stereocenters. The molecule has 0 N–H and O–H groups in total. The van der Waals surface area contributed by atoms with Crippen molar-refractivity contribution in [1.82, 2.24) is 0 Å². The maximum atomic E-state index is 2.47. The summed E-state index contributed by atoms with van der Waals surface area (Å²) in [5, 5.41) is 0. The highest BCUT2D eigenvalue weighted by molar-refractivity contribution is 5.98. The fourth-order valence-corrected chi connectivity index (χ4v) is 10.2. The lowest BCUT2D eigenvalue weighted by molar-refractivity contribution is 0.660. The van der Waals surface area contributed by atoms with Crippen LogP contribution in [0.1, 0.15) is 47.2 Å². The summed E-state index contributed by atoms with van der Waals surface area (Å²) in [6.07, 6.45) is 0. The van der Waals surface area contributed by atoms with E-state index in [9.17, 15) is 0 Å². The number of anilines is 3. The molecule has 9 aromatic carbocycles. The van der Waals surface area contributed by atoms with Gasteiger partial charge < -0.3 is 4.90 Å². The number of hydrogen-bond donors (Lipinski definition) is 0. The summed E-state index contributed by atoms with van der Waals surface area (Å²) in [6.45, 7) is 4.71. The molecule has 0 radical (unpaired) electrons. The fraction of sp³-hybridized carbons (Fsp3) is 0.0690. The van der Waals surface area contributed by atoms with E-state index in [1.54, 1.807) is 0 Å². The van der Waals surface area contributed by atoms with Gasteiger partial charge in [0.15, 0.2) is 0 Å². The second-order valence-corrected chi connectivity index (χ2v) is 16.5. The second kappa shape index (κ2) is 13.7. The van der Waals surface area contributed by atoms with Crippen LogP contribution < -0.4 is 4.90 Å². The molecule has 0 spiro atoms. The van der Waals surface area contributed by atoms with Gasteiger partial charge in [-0.15, -0.1) is 0 Å². The van der Waals surface area contributed by atoms with E-state index >= 15 is 0 Å². The van der Waals surface area contributed by atoms with E-state index in [1.807, 2.05) is 0 Å². The molecule has 0 saturated carbocycles. The van der Waals surface area contributed by atoms with Crippen LogP contribution in [0.2, 0.25) is 0 Å². The Kier molecular flexibility index (Phi) is 8.13. The standard InChI is InChI=1S/C58H43N/c1-57(2)51-28-14-12-26-48(51)49-37-34-43(39-54(49)57)41-32-35-46(36-33-41)59(47-25-16-20-42(38-47)40-18-6-3-7-19-40)55-31-17-30-53-56(55)50-27-13-15-29-52(50)58(53,44-21-8-4-9-22-44)45-23-10-5-11-24-45/h3-39H,1-2H3. The first kappa shape index (κ1) is 35.0. The molecule has 2 aliphatic carbocycles. The number of hydrogen-bond acceptors (Lipinski definition) is 1. The molecular formula is C58H43N. The molecule has 0 amide bonds. The smallest absolute Gasteiger partial charge is 0.0714 e. The van der Waals surface area contributed by atoms with Crippen molar-refractivity contribution in [2.24, 2.45) is 0 Å². The Balaban J connectivity index is 1.11. The summed E-state index contributed by atoms with van der Waals surface area (Å²) >= 11 is 0. The van der Waals surface area contributed by atoms with E-state index in [2.05, 4.69) is 243 Å². The highest BCUT2D eigenvalue weighted by atomic mass is 15.1. The molecular weight excluding hydrogens is 711 g/mol. The Morgan fingerprint density at radius 1 is 0.322 bits per heavy atom. The average molecular weight is 754 g/mol. The van der Waals surface area contributed by atoms with Crippen molar-refractivity contribution < 1.29 is 0 Å². The predicted octanol–water partition coefficient (Wildman–Crippen LogP) is 15.2. The molecule has 0 saturated heterocycles. The minimum Gasteiger partial charge on any atom is -0.310 e. The third-order valence-electron chi connectivity index (χ3n) is 13.0. The van der Waals surface area contributed by atoms with Crippen LogP contribution in [0.4, 0.5) is 17.1 Å². The fourth-order valence-electron chi connectivity index (χ4n) is 10.2. The van der Waals surface area contributed by atoms with Crippen LogP contribution >= 0.6 is 0 Å². The first-order valence-electron chi connectivity index (χ1n) is 20.7. The summed E-state index contributed by atoms with van der Waals surface area (Å²) < 4.78 is 0. The summed E-state index contributed by atoms with van der Waals surface area (Å²) in [7, 11) is 0. The van der Waals surface area contributed by atoms with E-state index in [-0.39, 0.29) is 5.41 Å². The van der Waals surface area contributed by atoms with Crippen LogP contribution in [-0.2, 0) is 10.8 Å². The largest absolute Gasteiger partial charge is 0.310 e. The molecule has 280 valence electrons. The van der Waals surface area contributed by atoms with Gasteiger partial charge in [-0.3, -0.25) is 0 Å². The third kappa shape index (κ3) is 5.39. The summed E-state index contributed by atoms with van der Waals surface area (Å²) in [5.74, 6) is 0. The van der Waals surface area contributed by atoms with Crippen molar-refractivity contribution in [2.75, 3.05) is 4.90 Å². The Hall–Kier alpha value is -7.22. The predicted molar refractivity (Wildman–Crippen MR) is 247 cm³/mol. The zero-order valence-corrected chi connectivity index (χ0v) is 33.3. The van der Waals surface area contributed by atoms with Gasteiger partial charge in [-0.1, -0.05) is 202 Å². The van der Waals surface area contributed by atoms with Gasteiger partial charge in [0.2, 0.25) is 0 Å². The monoisotopic (exact) mass is 753 g/mol. The van der Waals surface area contributed by atoms with E-state index in [1.165, 1.54) is 77.9 Å². The molecule has 11 rings (SSSR count). The molecule has 0 aliphatic heterocycles. The van der Waals surface area contributed by atoms with E-state index in [0.717, 1.165) is 17.1 Å². The quantitative estimate of drug-likeness (QED) is 0.157. The van der Waals surface area contributed by atoms with Crippen LogP contribution in [0.5, 0.6) is 0 Å². The topological polar surface area (TPSA) is 3.24 Å². The maximum absolute atomic E-state index is 2.47. The molecule has 0 heterocycles. The molecule has 59 heavy (non-hydrogen) atoms. The molecule has 0 bridgehead atoms. The van der Waals surface area contributed by atoms with Gasteiger partial charge in [0.1, 0.15) is 0 Å². The van der Waals surface area contributed by atoms with E-state index in [4.69, 9.17) is 0 Å². The van der Waals surface area contributed by atoms with E-state index in [0.29, 0.717) is 0 Å². The number of rotatable bonds is 7. The van der Waals surface area contributed by atoms with Crippen molar-refractivity contribution >= 4 is 17.1 Å². The number of fused-ring (bicyclic) bond motifs is 6. The van der Waals surface area contributed by atoms with Crippen molar-refractivity contribution in [3.63, 3.8) is 0 Å². The van der Waals surface area contributed by atoms with Crippen LogP contribution in [-0.4, -0.2) is 0 Å². The molecule has 0 aromatic heterocycles. The normalized spacial score (nSPS) is 13.9. The first-order chi connectivity index (χ1) is 29.0. The average Bonchev–Trinajstić information content (AvgIpc) is 3.74. The molecule has 2 aliphatic rings. The zero-order chi connectivity index (χ0) is 39.6. The Labute approximate surface area is 347 Å². The van der Waals surface area contributed by atoms with Gasteiger partial charge >= 0.3 is 0 Å². The lowest BCUT2D eigenvalue weighted by Crippen LogP contribution is -2.28. The minimum absolute atomic E-state index is 0.0544. The molecule has 1 heteroatoms. The zero-order valence-electron chi connectivity index (χ0n) is 33.3. The molecule has 0 atom stereocenters. The highest BCUT2D eigenvalue weighted by Crippen LogP contribution is 2.59. The van der Waals surface area contributed by atoms with Gasteiger partial charge in [-0.05, 0) is 109 Å². The van der Waals surface area contributed by atoms with Crippen molar-refractivity contribution in [1.29, 1.82) is 0 Å². The second-order valence-electron chi connectivity index (χ2n) is 16.5. The van der Waals surface area contributed by atoms with Crippen LogP contribution in [0.25, 0.3) is 44.5 Å². The number of nitrogens with zero attached hydrogens (tertiary/aromatic N) is 1. The van der Waals surface area contributed by atoms with Gasteiger partial charge in [-0.25, -0.2) is 0 Å². The van der Waals surface area contributed by atoms with Crippen LogP contribution in [0.15, 0.2) is 224 Å². The summed E-state index contributed by atoms with van der Waals surface area (Å²) in [5.41, 5.74) is 20.7. The van der Waals surface area contributed by atoms with E-state index < -0.39 is 5.41 Å². The van der Waals surface area contributed by atoms with Gasteiger partial charge in [0.25, 0.3) is 0 Å². The number of benzene rings is 9. The minimum atomic E-state index is -0.493. The van der Waals surface area contributed by atoms with Gasteiger partial charge in [0, 0.05) is 22.4 Å². The van der Waals surface area contributed by atoms with Gasteiger partial charge in [0.05, 0.1) is 11.1 Å².